The van der Waals surface area contributed by atoms with Gasteiger partial charge in [0, 0.05) is 18.3 Å². The number of allylic oxidation sites excluding steroid dienone is 3. The third-order valence-electron chi connectivity index (χ3n) is 3.88. The third kappa shape index (κ3) is 7.03. The van der Waals surface area contributed by atoms with Crippen molar-refractivity contribution < 1.29 is 19.4 Å². The molecule has 0 amide bonds. The summed E-state index contributed by atoms with van der Waals surface area (Å²) >= 11 is 0. The number of hydrogen-bond acceptors (Lipinski definition) is 4. The maximum absolute atomic E-state index is 11.9. The maximum atomic E-state index is 11.9. The molecule has 0 saturated heterocycles. The van der Waals surface area contributed by atoms with E-state index in [1.807, 2.05) is 19.1 Å². The van der Waals surface area contributed by atoms with Crippen LogP contribution in [0.5, 0.6) is 0 Å². The third-order valence-corrected chi connectivity index (χ3v) is 3.88. The summed E-state index contributed by atoms with van der Waals surface area (Å²) in [5.74, 6) is 0.189. The maximum Gasteiger partial charge on any atom is 0.305 e. The summed E-state index contributed by atoms with van der Waals surface area (Å²) in [6.07, 6.45) is 12.0. The minimum absolute atomic E-state index is 0.0139. The fraction of sp³-hybridized carbons (Fsp3) is 0.667. The molecular formula is C18H28O4. The molecule has 1 aliphatic carbocycles. The van der Waals surface area contributed by atoms with E-state index in [1.165, 1.54) is 0 Å². The van der Waals surface area contributed by atoms with Crippen molar-refractivity contribution in [1.29, 1.82) is 0 Å². The Morgan fingerprint density at radius 1 is 1.36 bits per heavy atom. The second-order valence-electron chi connectivity index (χ2n) is 5.83. The summed E-state index contributed by atoms with van der Waals surface area (Å²) in [6, 6.07) is 0. The first kappa shape index (κ1) is 18.6. The smallest absolute Gasteiger partial charge is 0.305 e. The van der Waals surface area contributed by atoms with Crippen molar-refractivity contribution in [1.82, 2.24) is 0 Å². The van der Waals surface area contributed by atoms with Crippen molar-refractivity contribution in [3.05, 3.63) is 24.3 Å². The van der Waals surface area contributed by atoms with Gasteiger partial charge >= 0.3 is 5.97 Å². The number of aliphatic hydroxyl groups excluding tert-OH is 1. The minimum Gasteiger partial charge on any atom is -0.466 e. The van der Waals surface area contributed by atoms with Crippen LogP contribution in [0.25, 0.3) is 0 Å². The Kier molecular flexibility index (Phi) is 8.75. The van der Waals surface area contributed by atoms with Crippen LogP contribution < -0.4 is 0 Å². The van der Waals surface area contributed by atoms with Gasteiger partial charge < -0.3 is 9.84 Å². The number of hydrogen-bond donors (Lipinski definition) is 1. The van der Waals surface area contributed by atoms with E-state index in [2.05, 4.69) is 0 Å². The Morgan fingerprint density at radius 2 is 2.09 bits per heavy atom. The van der Waals surface area contributed by atoms with Crippen molar-refractivity contribution in [3.8, 4) is 0 Å². The standard InChI is InChI=1S/C18H28O4/c1-3-22-18(21)9-7-5-4-6-8-16-15(11-10-14(2)19)12-13-17(16)20/h10-16,19H,3-9H2,1-2H3. The van der Waals surface area contributed by atoms with Crippen LogP contribution in [0.15, 0.2) is 24.3 Å². The van der Waals surface area contributed by atoms with Crippen LogP contribution in [0.1, 0.15) is 52.4 Å². The van der Waals surface area contributed by atoms with E-state index in [-0.39, 0.29) is 23.6 Å². The molecule has 0 bridgehead atoms. The number of carbonyl (C=O) groups excluding carboxylic acids is 2. The quantitative estimate of drug-likeness (QED) is 0.382. The Balaban J connectivity index is 2.20. The first-order valence-corrected chi connectivity index (χ1v) is 8.28. The van der Waals surface area contributed by atoms with Gasteiger partial charge in [-0.3, -0.25) is 9.59 Å². The molecule has 1 aliphatic rings. The van der Waals surface area contributed by atoms with E-state index in [1.54, 1.807) is 19.1 Å². The van der Waals surface area contributed by atoms with Gasteiger partial charge in [-0.1, -0.05) is 37.5 Å². The van der Waals surface area contributed by atoms with Crippen LogP contribution in [0.2, 0.25) is 0 Å². The molecule has 0 fully saturated rings. The predicted molar refractivity (Wildman–Crippen MR) is 86.3 cm³/mol. The topological polar surface area (TPSA) is 63.6 Å². The summed E-state index contributed by atoms with van der Waals surface area (Å²) in [7, 11) is 0. The first-order valence-electron chi connectivity index (χ1n) is 8.28. The fourth-order valence-electron chi connectivity index (χ4n) is 2.70. The molecule has 0 aromatic heterocycles. The van der Waals surface area contributed by atoms with E-state index >= 15 is 0 Å². The highest BCUT2D eigenvalue weighted by Gasteiger charge is 2.27. The summed E-state index contributed by atoms with van der Waals surface area (Å²) in [5, 5.41) is 9.29. The van der Waals surface area contributed by atoms with Crippen LogP contribution in [-0.2, 0) is 14.3 Å². The van der Waals surface area contributed by atoms with E-state index < -0.39 is 6.10 Å². The monoisotopic (exact) mass is 308 g/mol. The molecule has 0 aromatic carbocycles. The predicted octanol–water partition coefficient (Wildman–Crippen LogP) is 3.20. The summed E-state index contributed by atoms with van der Waals surface area (Å²) in [6.45, 7) is 3.96. The lowest BCUT2D eigenvalue weighted by Gasteiger charge is -2.15. The fourth-order valence-corrected chi connectivity index (χ4v) is 2.70. The van der Waals surface area contributed by atoms with Gasteiger partial charge in [0.05, 0.1) is 12.7 Å². The molecule has 4 nitrogen and oxygen atoms in total. The second-order valence-corrected chi connectivity index (χ2v) is 5.83. The second kappa shape index (κ2) is 10.3. The molecular weight excluding hydrogens is 280 g/mol. The number of unbranched alkanes of at least 4 members (excludes halogenated alkanes) is 3. The minimum atomic E-state index is -0.479. The van der Waals surface area contributed by atoms with Crippen LogP contribution in [-0.4, -0.2) is 29.6 Å². The summed E-state index contributed by atoms with van der Waals surface area (Å²) in [5.41, 5.74) is 0. The molecule has 3 unspecified atom stereocenters. The lowest BCUT2D eigenvalue weighted by atomic mass is 9.89. The van der Waals surface area contributed by atoms with Crippen molar-refractivity contribution in [3.63, 3.8) is 0 Å². The zero-order valence-electron chi connectivity index (χ0n) is 13.7. The molecule has 0 radical (unpaired) electrons. The van der Waals surface area contributed by atoms with E-state index in [9.17, 15) is 14.7 Å². The molecule has 124 valence electrons. The zero-order chi connectivity index (χ0) is 16.4. The Bertz CT molecular complexity index is 409. The summed E-state index contributed by atoms with van der Waals surface area (Å²) < 4.78 is 4.88. The lowest BCUT2D eigenvalue weighted by Crippen LogP contribution is -2.14. The Labute approximate surface area is 133 Å². The van der Waals surface area contributed by atoms with Gasteiger partial charge in [-0.25, -0.2) is 0 Å². The molecule has 0 spiro atoms. The molecule has 0 aliphatic heterocycles. The van der Waals surface area contributed by atoms with Crippen molar-refractivity contribution in [2.45, 2.75) is 58.5 Å². The van der Waals surface area contributed by atoms with Gasteiger partial charge in [-0.15, -0.1) is 0 Å². The molecule has 3 atom stereocenters. The number of aliphatic hydroxyl groups is 1. The molecule has 0 heterocycles. The number of ketones is 1. The van der Waals surface area contributed by atoms with Crippen LogP contribution >= 0.6 is 0 Å². The van der Waals surface area contributed by atoms with Crippen molar-refractivity contribution in [2.75, 3.05) is 6.61 Å². The summed E-state index contributed by atoms with van der Waals surface area (Å²) in [4.78, 5) is 23.1. The van der Waals surface area contributed by atoms with E-state index in [0.717, 1.165) is 32.1 Å². The highest BCUT2D eigenvalue weighted by Crippen LogP contribution is 2.28. The van der Waals surface area contributed by atoms with Gasteiger partial charge in [0.1, 0.15) is 0 Å². The van der Waals surface area contributed by atoms with Crippen molar-refractivity contribution in [2.24, 2.45) is 11.8 Å². The van der Waals surface area contributed by atoms with Gasteiger partial charge in [0.25, 0.3) is 0 Å². The van der Waals surface area contributed by atoms with E-state index in [0.29, 0.717) is 13.0 Å². The molecule has 0 saturated carbocycles. The Hall–Kier alpha value is -1.42. The average Bonchev–Trinajstić information content (AvgIpc) is 2.81. The molecule has 1 rings (SSSR count). The highest BCUT2D eigenvalue weighted by molar-refractivity contribution is 5.94. The van der Waals surface area contributed by atoms with Gasteiger partial charge in [-0.05, 0) is 32.8 Å². The number of esters is 1. The highest BCUT2D eigenvalue weighted by atomic mass is 16.5. The zero-order valence-corrected chi connectivity index (χ0v) is 13.7. The Morgan fingerprint density at radius 3 is 2.77 bits per heavy atom. The van der Waals surface area contributed by atoms with Crippen LogP contribution in [0, 0.1) is 11.8 Å². The number of ether oxygens (including phenoxy) is 1. The number of carbonyl (C=O) groups is 2. The van der Waals surface area contributed by atoms with Gasteiger partial charge in [0.15, 0.2) is 5.78 Å². The molecule has 22 heavy (non-hydrogen) atoms. The normalized spacial score (nSPS) is 22.4. The number of rotatable bonds is 10. The first-order chi connectivity index (χ1) is 10.5. The average molecular weight is 308 g/mol. The van der Waals surface area contributed by atoms with Crippen LogP contribution in [0.3, 0.4) is 0 Å². The van der Waals surface area contributed by atoms with Crippen molar-refractivity contribution >= 4 is 11.8 Å². The largest absolute Gasteiger partial charge is 0.466 e. The molecule has 4 heteroatoms. The molecule has 0 aromatic rings. The lowest BCUT2D eigenvalue weighted by molar-refractivity contribution is -0.143. The van der Waals surface area contributed by atoms with Gasteiger partial charge in [0.2, 0.25) is 0 Å². The van der Waals surface area contributed by atoms with Crippen LogP contribution in [0.4, 0.5) is 0 Å². The SMILES string of the molecule is CCOC(=O)CCCCCCC1C(=O)C=CC1C=CC(C)O. The molecule has 1 N–H and O–H groups in total. The van der Waals surface area contributed by atoms with Gasteiger partial charge in [-0.2, -0.15) is 0 Å². The van der Waals surface area contributed by atoms with E-state index in [4.69, 9.17) is 4.74 Å².